The molecule has 0 heterocycles. The average Bonchev–Trinajstić information content (AvgIpc) is 2.50. The van der Waals surface area contributed by atoms with Crippen LogP contribution in [0.15, 0.2) is 48.5 Å². The lowest BCUT2D eigenvalue weighted by Gasteiger charge is -2.15. The number of amides is 2. The minimum absolute atomic E-state index is 0.0375. The number of carbonyl (C=O) groups is 1. The molecule has 0 aromatic heterocycles. The van der Waals surface area contributed by atoms with Gasteiger partial charge < -0.3 is 10.6 Å². The third kappa shape index (κ3) is 4.88. The third-order valence-electron chi connectivity index (χ3n) is 3.52. The first-order valence-electron chi connectivity index (χ1n) is 7.42. The van der Waals surface area contributed by atoms with Crippen LogP contribution in [0.4, 0.5) is 14.9 Å². The molecule has 0 saturated carbocycles. The second kappa shape index (κ2) is 7.59. The Balaban J connectivity index is 1.79. The van der Waals surface area contributed by atoms with Gasteiger partial charge in [0.05, 0.1) is 0 Å². The van der Waals surface area contributed by atoms with Gasteiger partial charge in [-0.25, -0.2) is 9.18 Å². The van der Waals surface area contributed by atoms with Gasteiger partial charge in [0.1, 0.15) is 5.82 Å². The SMILES string of the molecule is Cc1ccc(NC(=O)N[C@H](C)CCc2ccccc2)cc1F. The maximum Gasteiger partial charge on any atom is 0.319 e. The van der Waals surface area contributed by atoms with Crippen molar-refractivity contribution in [3.05, 3.63) is 65.5 Å². The first-order chi connectivity index (χ1) is 10.5. The van der Waals surface area contributed by atoms with E-state index in [0.717, 1.165) is 12.8 Å². The molecule has 2 aromatic carbocycles. The molecule has 0 bridgehead atoms. The number of benzene rings is 2. The fraction of sp³-hybridized carbons (Fsp3) is 0.278. The van der Waals surface area contributed by atoms with Crippen molar-refractivity contribution in [2.45, 2.75) is 32.7 Å². The standard InChI is InChI=1S/C18H21FN2O/c1-13-8-11-16(12-17(13)19)21-18(22)20-14(2)9-10-15-6-4-3-5-7-15/h3-8,11-12,14H,9-10H2,1-2H3,(H2,20,21,22)/t14-/m1/s1. The zero-order valence-electron chi connectivity index (χ0n) is 12.9. The molecule has 22 heavy (non-hydrogen) atoms. The smallest absolute Gasteiger partial charge is 0.319 e. The van der Waals surface area contributed by atoms with E-state index in [4.69, 9.17) is 0 Å². The summed E-state index contributed by atoms with van der Waals surface area (Å²) in [6, 6.07) is 14.5. The van der Waals surface area contributed by atoms with Crippen molar-refractivity contribution >= 4 is 11.7 Å². The van der Waals surface area contributed by atoms with Gasteiger partial charge in [-0.2, -0.15) is 0 Å². The molecule has 0 radical (unpaired) electrons. The van der Waals surface area contributed by atoms with E-state index in [1.165, 1.54) is 11.6 Å². The fourth-order valence-electron chi connectivity index (χ4n) is 2.16. The van der Waals surface area contributed by atoms with Crippen molar-refractivity contribution in [1.82, 2.24) is 5.32 Å². The molecular weight excluding hydrogens is 279 g/mol. The zero-order chi connectivity index (χ0) is 15.9. The molecule has 116 valence electrons. The van der Waals surface area contributed by atoms with Gasteiger partial charge in [-0.3, -0.25) is 0 Å². The highest BCUT2D eigenvalue weighted by Gasteiger charge is 2.08. The second-order valence-electron chi connectivity index (χ2n) is 5.49. The van der Waals surface area contributed by atoms with Crippen LogP contribution in [0.2, 0.25) is 0 Å². The Bertz CT molecular complexity index is 628. The molecule has 0 aliphatic rings. The Labute approximate surface area is 130 Å². The third-order valence-corrected chi connectivity index (χ3v) is 3.52. The highest BCUT2D eigenvalue weighted by Crippen LogP contribution is 2.13. The fourth-order valence-corrected chi connectivity index (χ4v) is 2.16. The van der Waals surface area contributed by atoms with Crippen LogP contribution in [-0.4, -0.2) is 12.1 Å². The Kier molecular flexibility index (Phi) is 5.53. The number of aryl methyl sites for hydroxylation is 2. The van der Waals surface area contributed by atoms with Gasteiger partial charge >= 0.3 is 6.03 Å². The summed E-state index contributed by atoms with van der Waals surface area (Å²) in [5, 5.41) is 5.51. The molecule has 0 spiro atoms. The van der Waals surface area contributed by atoms with Crippen LogP contribution in [0.1, 0.15) is 24.5 Å². The number of hydrogen-bond acceptors (Lipinski definition) is 1. The van der Waals surface area contributed by atoms with Gasteiger partial charge in [0.15, 0.2) is 0 Å². The van der Waals surface area contributed by atoms with E-state index in [9.17, 15) is 9.18 Å². The van der Waals surface area contributed by atoms with Crippen molar-refractivity contribution in [3.8, 4) is 0 Å². The quantitative estimate of drug-likeness (QED) is 0.850. The lowest BCUT2D eigenvalue weighted by atomic mass is 10.1. The highest BCUT2D eigenvalue weighted by molar-refractivity contribution is 5.89. The topological polar surface area (TPSA) is 41.1 Å². The van der Waals surface area contributed by atoms with Crippen molar-refractivity contribution in [3.63, 3.8) is 0 Å². The van der Waals surface area contributed by atoms with Gasteiger partial charge in [0.25, 0.3) is 0 Å². The normalized spacial score (nSPS) is 11.8. The van der Waals surface area contributed by atoms with E-state index >= 15 is 0 Å². The minimum atomic E-state index is -0.324. The van der Waals surface area contributed by atoms with Crippen LogP contribution in [-0.2, 0) is 6.42 Å². The summed E-state index contributed by atoms with van der Waals surface area (Å²) in [6.07, 6.45) is 1.75. The Morgan fingerprint density at radius 3 is 2.59 bits per heavy atom. The predicted octanol–water partition coefficient (Wildman–Crippen LogP) is 4.28. The van der Waals surface area contributed by atoms with Gasteiger partial charge in [-0.05, 0) is 49.9 Å². The molecule has 1 atom stereocenters. The van der Waals surface area contributed by atoms with Crippen LogP contribution in [0, 0.1) is 12.7 Å². The first-order valence-corrected chi connectivity index (χ1v) is 7.42. The summed E-state index contributed by atoms with van der Waals surface area (Å²) in [5.74, 6) is -0.324. The highest BCUT2D eigenvalue weighted by atomic mass is 19.1. The van der Waals surface area contributed by atoms with Gasteiger partial charge in [0.2, 0.25) is 0 Å². The molecule has 0 aliphatic heterocycles. The summed E-state index contributed by atoms with van der Waals surface area (Å²) in [6.45, 7) is 3.64. The van der Waals surface area contributed by atoms with Crippen molar-refractivity contribution < 1.29 is 9.18 Å². The summed E-state index contributed by atoms with van der Waals surface area (Å²) < 4.78 is 13.4. The molecule has 0 unspecified atom stereocenters. The monoisotopic (exact) mass is 300 g/mol. The van der Waals surface area contributed by atoms with E-state index in [-0.39, 0.29) is 17.9 Å². The molecule has 0 saturated heterocycles. The Hall–Kier alpha value is -2.36. The summed E-state index contributed by atoms with van der Waals surface area (Å²) >= 11 is 0. The minimum Gasteiger partial charge on any atom is -0.335 e. The maximum absolute atomic E-state index is 13.4. The van der Waals surface area contributed by atoms with E-state index in [2.05, 4.69) is 22.8 Å². The number of hydrogen-bond donors (Lipinski definition) is 2. The molecule has 3 nitrogen and oxygen atoms in total. The molecule has 0 fully saturated rings. The number of halogens is 1. The number of anilines is 1. The Morgan fingerprint density at radius 2 is 1.91 bits per heavy atom. The Morgan fingerprint density at radius 1 is 1.18 bits per heavy atom. The molecular formula is C18H21FN2O. The van der Waals surface area contributed by atoms with Crippen molar-refractivity contribution in [2.24, 2.45) is 0 Å². The lowest BCUT2D eigenvalue weighted by molar-refractivity contribution is 0.248. The van der Waals surface area contributed by atoms with Crippen LogP contribution in [0.3, 0.4) is 0 Å². The zero-order valence-corrected chi connectivity index (χ0v) is 12.9. The van der Waals surface area contributed by atoms with Gasteiger partial charge in [0, 0.05) is 11.7 Å². The summed E-state index contributed by atoms with van der Waals surface area (Å²) in [5.41, 5.74) is 2.26. The largest absolute Gasteiger partial charge is 0.335 e. The first kappa shape index (κ1) is 16.0. The summed E-state index contributed by atoms with van der Waals surface area (Å²) in [7, 11) is 0. The van der Waals surface area contributed by atoms with Gasteiger partial charge in [-0.1, -0.05) is 36.4 Å². The molecule has 2 rings (SSSR count). The number of nitrogens with one attached hydrogen (secondary N) is 2. The van der Waals surface area contributed by atoms with Gasteiger partial charge in [-0.15, -0.1) is 0 Å². The second-order valence-corrected chi connectivity index (χ2v) is 5.49. The summed E-state index contributed by atoms with van der Waals surface area (Å²) in [4.78, 5) is 11.9. The maximum atomic E-state index is 13.4. The van der Waals surface area contributed by atoms with Crippen LogP contribution < -0.4 is 10.6 Å². The number of rotatable bonds is 5. The van der Waals surface area contributed by atoms with E-state index in [1.807, 2.05) is 25.1 Å². The van der Waals surface area contributed by atoms with E-state index < -0.39 is 0 Å². The molecule has 2 amide bonds. The van der Waals surface area contributed by atoms with E-state index in [0.29, 0.717) is 11.3 Å². The van der Waals surface area contributed by atoms with Crippen LogP contribution >= 0.6 is 0 Å². The van der Waals surface area contributed by atoms with Crippen LogP contribution in [0.25, 0.3) is 0 Å². The number of urea groups is 1. The van der Waals surface area contributed by atoms with Crippen molar-refractivity contribution in [2.75, 3.05) is 5.32 Å². The predicted molar refractivity (Wildman–Crippen MR) is 87.5 cm³/mol. The number of carbonyl (C=O) groups excluding carboxylic acids is 1. The van der Waals surface area contributed by atoms with E-state index in [1.54, 1.807) is 19.1 Å². The lowest BCUT2D eigenvalue weighted by Crippen LogP contribution is -2.36. The molecule has 0 aliphatic carbocycles. The van der Waals surface area contributed by atoms with Crippen molar-refractivity contribution in [1.29, 1.82) is 0 Å². The molecule has 2 aromatic rings. The van der Waals surface area contributed by atoms with Crippen LogP contribution in [0.5, 0.6) is 0 Å². The molecule has 2 N–H and O–H groups in total. The average molecular weight is 300 g/mol. The molecule has 4 heteroatoms.